The van der Waals surface area contributed by atoms with E-state index in [-0.39, 0.29) is 11.7 Å². The molecule has 0 radical (unpaired) electrons. The highest BCUT2D eigenvalue weighted by atomic mass is 16.5. The Morgan fingerprint density at radius 3 is 2.45 bits per heavy atom. The van der Waals surface area contributed by atoms with Crippen LogP contribution in [0.4, 0.5) is 11.8 Å². The lowest BCUT2D eigenvalue weighted by Gasteiger charge is -2.39. The minimum Gasteiger partial charge on any atom is -0.378 e. The van der Waals surface area contributed by atoms with E-state index in [0.717, 1.165) is 81.2 Å². The van der Waals surface area contributed by atoms with Crippen LogP contribution in [0.2, 0.25) is 0 Å². The molecule has 9 nitrogen and oxygen atoms in total. The molecule has 0 aromatic carbocycles. The molecule has 0 bridgehead atoms. The maximum absolute atomic E-state index is 12.2. The summed E-state index contributed by atoms with van der Waals surface area (Å²) in [5.41, 5.74) is 11.1. The summed E-state index contributed by atoms with van der Waals surface area (Å²) < 4.78 is 5.56. The molecule has 0 atom stereocenters. The number of carbonyl (C=O) groups excluding carboxylic acids is 1. The van der Waals surface area contributed by atoms with Gasteiger partial charge in [-0.2, -0.15) is 0 Å². The number of ketones is 1. The molecule has 2 aromatic rings. The van der Waals surface area contributed by atoms with Crippen molar-refractivity contribution >= 4 is 23.1 Å². The Morgan fingerprint density at radius 2 is 1.79 bits per heavy atom. The lowest BCUT2D eigenvalue weighted by atomic mass is 9.95. The first-order chi connectivity index (χ1) is 18.4. The molecule has 5 heterocycles. The monoisotopic (exact) mass is 517 g/mol. The van der Waals surface area contributed by atoms with Crippen LogP contribution < -0.4 is 10.6 Å². The maximum atomic E-state index is 12.2. The van der Waals surface area contributed by atoms with Crippen LogP contribution in [-0.2, 0) is 9.53 Å². The van der Waals surface area contributed by atoms with Crippen LogP contribution in [0.1, 0.15) is 38.7 Å². The Bertz CT molecular complexity index is 1180. The van der Waals surface area contributed by atoms with Gasteiger partial charge in [-0.25, -0.2) is 15.0 Å². The van der Waals surface area contributed by atoms with Crippen LogP contribution in [-0.4, -0.2) is 95.6 Å². The second kappa shape index (κ2) is 12.1. The summed E-state index contributed by atoms with van der Waals surface area (Å²) in [6.07, 6.45) is 10.9. The van der Waals surface area contributed by atoms with Crippen LogP contribution in [0.3, 0.4) is 0 Å². The van der Waals surface area contributed by atoms with Crippen molar-refractivity contribution < 1.29 is 9.53 Å². The fourth-order valence-electron chi connectivity index (χ4n) is 5.58. The Hall–Kier alpha value is -3.14. The van der Waals surface area contributed by atoms with Gasteiger partial charge in [0, 0.05) is 63.3 Å². The minimum absolute atomic E-state index is 0.215. The van der Waals surface area contributed by atoms with E-state index < -0.39 is 0 Å². The highest BCUT2D eigenvalue weighted by Crippen LogP contribution is 2.31. The predicted octanol–water partition coefficient (Wildman–Crippen LogP) is 3.05. The van der Waals surface area contributed by atoms with E-state index in [9.17, 15) is 4.79 Å². The van der Waals surface area contributed by atoms with Crippen LogP contribution in [0, 0.1) is 0 Å². The molecule has 0 spiro atoms. The molecule has 38 heavy (non-hydrogen) atoms. The van der Waals surface area contributed by atoms with Crippen molar-refractivity contribution in [2.75, 3.05) is 69.7 Å². The molecular formula is C29H39N7O2. The van der Waals surface area contributed by atoms with Crippen LogP contribution in [0.25, 0.3) is 16.8 Å². The number of hydrogen-bond donors (Lipinski definition) is 1. The molecule has 2 N–H and O–H groups in total. The first kappa shape index (κ1) is 26.5. The smallest absolute Gasteiger partial charge is 0.219 e. The summed E-state index contributed by atoms with van der Waals surface area (Å²) in [7, 11) is 0. The van der Waals surface area contributed by atoms with E-state index in [1.807, 2.05) is 13.8 Å². The quantitative estimate of drug-likeness (QED) is 0.555. The molecule has 0 aliphatic carbocycles. The van der Waals surface area contributed by atoms with Crippen molar-refractivity contribution in [2.24, 2.45) is 0 Å². The van der Waals surface area contributed by atoms with Gasteiger partial charge in [0.2, 0.25) is 5.95 Å². The number of nitrogens with zero attached hydrogens (tertiary/aromatic N) is 6. The van der Waals surface area contributed by atoms with E-state index >= 15 is 0 Å². The molecule has 0 unspecified atom stereocenters. The van der Waals surface area contributed by atoms with Crippen molar-refractivity contribution in [1.82, 2.24) is 24.8 Å². The highest BCUT2D eigenvalue weighted by Gasteiger charge is 2.27. The predicted molar refractivity (Wildman–Crippen MR) is 151 cm³/mol. The number of carbonyl (C=O) groups is 1. The fourth-order valence-corrected chi connectivity index (χ4v) is 5.58. The minimum atomic E-state index is 0.215. The van der Waals surface area contributed by atoms with E-state index in [0.29, 0.717) is 25.8 Å². The Labute approximate surface area is 225 Å². The number of nitrogen functional groups attached to an aromatic ring is 1. The summed E-state index contributed by atoms with van der Waals surface area (Å²) >= 11 is 0. The Kier molecular flexibility index (Phi) is 8.46. The molecule has 0 saturated carbocycles. The highest BCUT2D eigenvalue weighted by molar-refractivity contribution is 5.91. The number of likely N-dealkylation sites (tertiary alicyclic amines) is 1. The van der Waals surface area contributed by atoms with Gasteiger partial charge in [0.15, 0.2) is 5.78 Å². The molecule has 2 aromatic heterocycles. The van der Waals surface area contributed by atoms with Crippen molar-refractivity contribution in [2.45, 2.75) is 39.2 Å². The molecule has 3 aliphatic rings. The third-order valence-corrected chi connectivity index (χ3v) is 7.63. The number of ether oxygens (including phenoxy) is 1. The van der Waals surface area contributed by atoms with Crippen molar-refractivity contribution in [3.8, 4) is 11.3 Å². The number of rotatable bonds is 7. The molecule has 2 saturated heterocycles. The van der Waals surface area contributed by atoms with Crippen molar-refractivity contribution in [3.63, 3.8) is 0 Å². The average molecular weight is 518 g/mol. The zero-order valence-corrected chi connectivity index (χ0v) is 22.6. The van der Waals surface area contributed by atoms with Crippen LogP contribution in [0.5, 0.6) is 0 Å². The van der Waals surface area contributed by atoms with E-state index in [2.05, 4.69) is 42.9 Å². The summed E-state index contributed by atoms with van der Waals surface area (Å²) in [6, 6.07) is 4.95. The number of morpholine rings is 1. The summed E-state index contributed by atoms with van der Waals surface area (Å²) in [6.45, 7) is 11.6. The Balaban J connectivity index is 1.27. The maximum Gasteiger partial charge on any atom is 0.219 e. The van der Waals surface area contributed by atoms with Gasteiger partial charge in [-0.05, 0) is 62.5 Å². The molecule has 0 amide bonds. The number of hydrogen-bond acceptors (Lipinski definition) is 9. The largest absolute Gasteiger partial charge is 0.378 e. The van der Waals surface area contributed by atoms with Gasteiger partial charge in [0.05, 0.1) is 25.5 Å². The topological polar surface area (TPSA) is 101 Å². The number of piperidine rings is 1. The number of aromatic nitrogens is 3. The normalized spacial score (nSPS) is 19.7. The van der Waals surface area contributed by atoms with Gasteiger partial charge >= 0.3 is 0 Å². The standard InChI is InChI=1S/C29H39N7O2/c1-21(2)15-26(37)20-34-7-5-25(6-8-34)35-9-3-22(4-10-35)23-16-27(24-18-31-29(30)32-19-24)33-28(17-23)36-11-13-38-14-12-36/h3,15-19,25H,4-14,20H2,1-2H3,(H2,30,31,32). The van der Waals surface area contributed by atoms with E-state index in [1.54, 1.807) is 18.5 Å². The SMILES string of the molecule is CC(C)=CC(=O)CN1CCC(N2CC=C(c3cc(-c4cnc(N)nc4)nc(N4CCOCC4)c3)CC2)CC1. The zero-order valence-electron chi connectivity index (χ0n) is 22.6. The number of pyridine rings is 1. The number of anilines is 2. The third kappa shape index (κ3) is 6.64. The molecule has 202 valence electrons. The molecular weight excluding hydrogens is 478 g/mol. The number of allylic oxidation sites excluding steroid dienone is 1. The molecule has 9 heteroatoms. The fraction of sp³-hybridized carbons (Fsp3) is 0.517. The van der Waals surface area contributed by atoms with Gasteiger partial charge in [-0.15, -0.1) is 0 Å². The van der Waals surface area contributed by atoms with Gasteiger partial charge in [0.25, 0.3) is 0 Å². The van der Waals surface area contributed by atoms with E-state index in [4.69, 9.17) is 15.5 Å². The van der Waals surface area contributed by atoms with Gasteiger partial charge in [0.1, 0.15) is 5.82 Å². The first-order valence-corrected chi connectivity index (χ1v) is 13.7. The summed E-state index contributed by atoms with van der Waals surface area (Å²) in [4.78, 5) is 32.7. The average Bonchev–Trinajstić information content (AvgIpc) is 2.94. The van der Waals surface area contributed by atoms with Crippen molar-refractivity contribution in [1.29, 1.82) is 0 Å². The van der Waals surface area contributed by atoms with Gasteiger partial charge in [-0.3, -0.25) is 14.6 Å². The lowest BCUT2D eigenvalue weighted by Crippen LogP contribution is -2.47. The van der Waals surface area contributed by atoms with Gasteiger partial charge in [-0.1, -0.05) is 11.6 Å². The molecule has 5 rings (SSSR count). The second-order valence-corrected chi connectivity index (χ2v) is 10.7. The third-order valence-electron chi connectivity index (χ3n) is 7.63. The molecule has 2 fully saturated rings. The van der Waals surface area contributed by atoms with E-state index in [1.165, 1.54) is 11.1 Å². The summed E-state index contributed by atoms with van der Waals surface area (Å²) in [5.74, 6) is 1.45. The second-order valence-electron chi connectivity index (χ2n) is 10.7. The van der Waals surface area contributed by atoms with Crippen LogP contribution >= 0.6 is 0 Å². The Morgan fingerprint density at radius 1 is 1.05 bits per heavy atom. The zero-order chi connectivity index (χ0) is 26.5. The summed E-state index contributed by atoms with van der Waals surface area (Å²) in [5, 5.41) is 0. The first-order valence-electron chi connectivity index (χ1n) is 13.7. The van der Waals surface area contributed by atoms with Gasteiger partial charge < -0.3 is 15.4 Å². The van der Waals surface area contributed by atoms with Crippen LogP contribution in [0.15, 0.2) is 42.3 Å². The molecule has 3 aliphatic heterocycles. The lowest BCUT2D eigenvalue weighted by molar-refractivity contribution is -0.116. The number of nitrogens with two attached hydrogens (primary N) is 1. The van der Waals surface area contributed by atoms with Crippen molar-refractivity contribution in [3.05, 3.63) is 47.8 Å².